The van der Waals surface area contributed by atoms with Crippen molar-refractivity contribution in [2.75, 3.05) is 11.1 Å². The number of benzene rings is 3. The average Bonchev–Trinajstić information content (AvgIpc) is 3.13. The number of imidazole rings is 1. The van der Waals surface area contributed by atoms with Gasteiger partial charge in [0.15, 0.2) is 5.82 Å². The van der Waals surface area contributed by atoms with E-state index in [9.17, 15) is 9.18 Å². The van der Waals surface area contributed by atoms with Crippen LogP contribution < -0.4 is 11.1 Å². The fourth-order valence-electron chi connectivity index (χ4n) is 2.94. The first kappa shape index (κ1) is 21.4. The average molecular weight is 465 g/mol. The van der Waals surface area contributed by atoms with E-state index in [4.69, 9.17) is 28.9 Å². The van der Waals surface area contributed by atoms with Gasteiger partial charge in [-0.1, -0.05) is 41.3 Å². The first-order valence-corrected chi connectivity index (χ1v) is 10.1. The lowest BCUT2D eigenvalue weighted by atomic mass is 10.1. The molecule has 0 saturated carbocycles. The number of nitrogen functional groups attached to an aromatic ring is 1. The highest BCUT2D eigenvalue weighted by Crippen LogP contribution is 2.29. The van der Waals surface area contributed by atoms with Gasteiger partial charge in [0, 0.05) is 21.8 Å². The van der Waals surface area contributed by atoms with Gasteiger partial charge in [0.1, 0.15) is 17.3 Å². The summed E-state index contributed by atoms with van der Waals surface area (Å²) in [5, 5.41) is 3.58. The van der Waals surface area contributed by atoms with Gasteiger partial charge in [0.05, 0.1) is 10.6 Å². The zero-order valence-electron chi connectivity index (χ0n) is 16.4. The summed E-state index contributed by atoms with van der Waals surface area (Å²) in [4.78, 5) is 19.4. The van der Waals surface area contributed by atoms with E-state index in [1.54, 1.807) is 54.6 Å². The summed E-state index contributed by atoms with van der Waals surface area (Å²) in [6, 6.07) is 18.0. The van der Waals surface area contributed by atoms with Gasteiger partial charge in [0.25, 0.3) is 5.91 Å². The molecule has 0 radical (unpaired) electrons. The molecule has 0 aliphatic carbocycles. The van der Waals surface area contributed by atoms with Crippen LogP contribution in [-0.2, 0) is 0 Å². The number of halogens is 3. The fraction of sp³-hybridized carbons (Fsp3) is 0. The first-order chi connectivity index (χ1) is 15.4. The maximum absolute atomic E-state index is 14.2. The van der Waals surface area contributed by atoms with Gasteiger partial charge in [-0.25, -0.2) is 9.37 Å². The molecular weight excluding hydrogens is 450 g/mol. The summed E-state index contributed by atoms with van der Waals surface area (Å²) in [6.45, 7) is 0. The largest absolute Gasteiger partial charge is 0.381 e. The van der Waals surface area contributed by atoms with Crippen LogP contribution in [0.2, 0.25) is 10.0 Å². The van der Waals surface area contributed by atoms with Gasteiger partial charge in [0.2, 0.25) is 0 Å². The summed E-state index contributed by atoms with van der Waals surface area (Å²) in [7, 11) is 0. The number of rotatable bonds is 3. The molecule has 158 valence electrons. The van der Waals surface area contributed by atoms with Crippen molar-refractivity contribution in [3.63, 3.8) is 0 Å². The van der Waals surface area contributed by atoms with Gasteiger partial charge >= 0.3 is 0 Å². The smallest absolute Gasteiger partial charge is 0.255 e. The number of carbonyl (C=O) groups is 1. The number of amides is 1. The van der Waals surface area contributed by atoms with Crippen LogP contribution in [0.5, 0.6) is 0 Å². The van der Waals surface area contributed by atoms with Crippen LogP contribution in [0.1, 0.15) is 21.6 Å². The van der Waals surface area contributed by atoms with Crippen LogP contribution in [0.4, 0.5) is 15.9 Å². The van der Waals surface area contributed by atoms with Crippen molar-refractivity contribution in [2.45, 2.75) is 0 Å². The van der Waals surface area contributed by atoms with Crippen LogP contribution in [0.15, 0.2) is 66.7 Å². The molecule has 4 N–H and O–H groups in total. The summed E-state index contributed by atoms with van der Waals surface area (Å²) >= 11 is 11.9. The van der Waals surface area contributed by atoms with Crippen LogP contribution in [-0.4, -0.2) is 15.9 Å². The van der Waals surface area contributed by atoms with Crippen LogP contribution in [0, 0.1) is 17.7 Å². The molecule has 32 heavy (non-hydrogen) atoms. The number of hydrogen-bond acceptors (Lipinski definition) is 3. The van der Waals surface area contributed by atoms with Crippen molar-refractivity contribution in [1.82, 2.24) is 9.97 Å². The Bertz CT molecular complexity index is 1350. The number of hydrogen-bond donors (Lipinski definition) is 3. The Morgan fingerprint density at radius 3 is 2.53 bits per heavy atom. The molecule has 0 unspecified atom stereocenters. The molecule has 4 rings (SSSR count). The van der Waals surface area contributed by atoms with E-state index in [0.717, 1.165) is 0 Å². The maximum Gasteiger partial charge on any atom is 0.255 e. The third-order valence-electron chi connectivity index (χ3n) is 4.49. The van der Waals surface area contributed by atoms with Crippen molar-refractivity contribution in [2.24, 2.45) is 0 Å². The predicted molar refractivity (Wildman–Crippen MR) is 125 cm³/mol. The topological polar surface area (TPSA) is 83.8 Å². The highest BCUT2D eigenvalue weighted by molar-refractivity contribution is 6.33. The van der Waals surface area contributed by atoms with Crippen LogP contribution in [0.3, 0.4) is 0 Å². The number of nitrogens with two attached hydrogens (primary N) is 1. The third-order valence-corrected chi connectivity index (χ3v) is 5.06. The lowest BCUT2D eigenvalue weighted by molar-refractivity contribution is 0.102. The predicted octanol–water partition coefficient (Wildman–Crippen LogP) is 5.76. The van der Waals surface area contributed by atoms with Crippen molar-refractivity contribution >= 4 is 40.6 Å². The van der Waals surface area contributed by atoms with E-state index in [1.165, 1.54) is 12.1 Å². The molecule has 4 aromatic rings. The molecule has 0 aliphatic rings. The molecule has 1 heterocycles. The minimum atomic E-state index is -0.519. The first-order valence-electron chi connectivity index (χ1n) is 9.39. The number of H-pyrrole nitrogens is 1. The molecule has 0 fully saturated rings. The van der Waals surface area contributed by atoms with E-state index in [0.29, 0.717) is 27.5 Å². The zero-order valence-corrected chi connectivity index (χ0v) is 17.9. The molecule has 5 nitrogen and oxygen atoms in total. The molecule has 8 heteroatoms. The quantitative estimate of drug-likeness (QED) is 0.337. The second-order valence-corrected chi connectivity index (χ2v) is 7.58. The minimum absolute atomic E-state index is 0.124. The Morgan fingerprint density at radius 1 is 1.03 bits per heavy atom. The second-order valence-electron chi connectivity index (χ2n) is 6.73. The molecule has 3 aromatic carbocycles. The number of carbonyl (C=O) groups excluding carboxylic acids is 1. The summed E-state index contributed by atoms with van der Waals surface area (Å²) in [5.74, 6) is 5.38. The Kier molecular flexibility index (Phi) is 6.13. The van der Waals surface area contributed by atoms with Gasteiger partial charge in [-0.3, -0.25) is 4.79 Å². The zero-order chi connectivity index (χ0) is 22.7. The number of nitrogens with one attached hydrogen (secondary N) is 2. The molecular formula is C24H15Cl2FN4O. The van der Waals surface area contributed by atoms with Gasteiger partial charge < -0.3 is 16.0 Å². The number of nitrogens with zero attached hydrogens (tertiary/aromatic N) is 1. The molecule has 1 amide bonds. The van der Waals surface area contributed by atoms with E-state index < -0.39 is 5.82 Å². The second kappa shape index (κ2) is 9.15. The minimum Gasteiger partial charge on any atom is -0.381 e. The van der Waals surface area contributed by atoms with E-state index in [-0.39, 0.29) is 28.1 Å². The van der Waals surface area contributed by atoms with E-state index >= 15 is 0 Å². The van der Waals surface area contributed by atoms with Gasteiger partial charge in [-0.2, -0.15) is 0 Å². The Balaban J connectivity index is 1.55. The summed E-state index contributed by atoms with van der Waals surface area (Å²) in [6.07, 6.45) is 0. The van der Waals surface area contributed by atoms with Crippen molar-refractivity contribution in [3.8, 4) is 23.2 Å². The normalized spacial score (nSPS) is 10.3. The third kappa shape index (κ3) is 4.75. The molecule has 1 aromatic heterocycles. The van der Waals surface area contributed by atoms with Crippen molar-refractivity contribution < 1.29 is 9.18 Å². The van der Waals surface area contributed by atoms with E-state index in [2.05, 4.69) is 27.1 Å². The molecule has 0 atom stereocenters. The monoisotopic (exact) mass is 464 g/mol. The summed E-state index contributed by atoms with van der Waals surface area (Å²) < 4.78 is 14.2. The van der Waals surface area contributed by atoms with Crippen molar-refractivity contribution in [1.29, 1.82) is 0 Å². The summed E-state index contributed by atoms with van der Waals surface area (Å²) in [5.41, 5.74) is 8.09. The van der Waals surface area contributed by atoms with Crippen LogP contribution in [0.25, 0.3) is 11.4 Å². The lowest BCUT2D eigenvalue weighted by Gasteiger charge is -2.05. The Labute approximate surface area is 193 Å². The van der Waals surface area contributed by atoms with Gasteiger partial charge in [-0.15, -0.1) is 0 Å². The number of anilines is 2. The lowest BCUT2D eigenvalue weighted by Crippen LogP contribution is -2.11. The standard InChI is InChI=1S/C24H15Cl2FN4O/c25-16-10-8-15(9-11-16)24(32)29-17-4-1-3-14(13-17)7-12-20-22(28)31-23(30-20)21-18(26)5-2-6-19(21)27/h1-6,8-11,13H,28H2,(H,29,32)(H,30,31). The van der Waals surface area contributed by atoms with E-state index in [1.807, 2.05) is 0 Å². The molecule has 0 aliphatic heterocycles. The highest BCUT2D eigenvalue weighted by atomic mass is 35.5. The molecule has 0 spiro atoms. The fourth-order valence-corrected chi connectivity index (χ4v) is 3.32. The molecule has 0 bridgehead atoms. The maximum atomic E-state index is 14.2. The highest BCUT2D eigenvalue weighted by Gasteiger charge is 2.15. The van der Waals surface area contributed by atoms with Crippen molar-refractivity contribution in [3.05, 3.63) is 99.4 Å². The molecule has 0 saturated heterocycles. The van der Waals surface area contributed by atoms with Crippen LogP contribution >= 0.6 is 23.2 Å². The Morgan fingerprint density at radius 2 is 1.78 bits per heavy atom. The number of aromatic nitrogens is 2. The van der Waals surface area contributed by atoms with Gasteiger partial charge in [-0.05, 0) is 60.5 Å². The Hall–Kier alpha value is -3.79. The SMILES string of the molecule is Nc1nc(-c2c(F)cccc2Cl)[nH]c1C#Cc1cccc(NC(=O)c2ccc(Cl)cc2)c1. The number of aromatic amines is 1.